The summed E-state index contributed by atoms with van der Waals surface area (Å²) in [5, 5.41) is 0. The summed E-state index contributed by atoms with van der Waals surface area (Å²) in [6.45, 7) is 10.7. The van der Waals surface area contributed by atoms with E-state index in [9.17, 15) is 4.79 Å². The minimum Gasteiger partial charge on any atom is -0.466 e. The molecule has 0 saturated heterocycles. The molecule has 0 amide bonds. The Morgan fingerprint density at radius 3 is 2.38 bits per heavy atom. The third-order valence-corrected chi connectivity index (χ3v) is 2.86. The van der Waals surface area contributed by atoms with Gasteiger partial charge in [-0.05, 0) is 25.7 Å². The molecule has 94 valence electrons. The zero-order chi connectivity index (χ0) is 12.1. The number of carbonyl (C=O) groups excluding carboxylic acids is 1. The Kier molecular flexibility index (Phi) is 5.26. The van der Waals surface area contributed by atoms with Crippen LogP contribution in [0.2, 0.25) is 0 Å². The third-order valence-electron chi connectivity index (χ3n) is 2.86. The first-order chi connectivity index (χ1) is 7.54. The maximum absolute atomic E-state index is 11.6. The molecular formula is C13H25NO2. The third kappa shape index (κ3) is 4.52. The number of ether oxygens (including phenoxy) is 1. The molecule has 0 aromatic heterocycles. The lowest BCUT2D eigenvalue weighted by Gasteiger charge is -2.26. The number of esters is 1. The van der Waals surface area contributed by atoms with Gasteiger partial charge in [-0.1, -0.05) is 20.8 Å². The van der Waals surface area contributed by atoms with Crippen molar-refractivity contribution in [2.24, 2.45) is 11.8 Å². The molecule has 3 nitrogen and oxygen atoms in total. The molecule has 1 fully saturated rings. The van der Waals surface area contributed by atoms with Gasteiger partial charge >= 0.3 is 5.97 Å². The van der Waals surface area contributed by atoms with E-state index in [1.807, 2.05) is 13.8 Å². The molecule has 0 bridgehead atoms. The molecular weight excluding hydrogens is 202 g/mol. The van der Waals surface area contributed by atoms with Crippen molar-refractivity contribution < 1.29 is 9.53 Å². The number of rotatable bonds is 7. The summed E-state index contributed by atoms with van der Waals surface area (Å²) in [5.41, 5.74) is 0. The SMILES string of the molecule is CCOC(=O)C(C)CN(CC(C)C)C1CC1. The van der Waals surface area contributed by atoms with Gasteiger partial charge in [-0.3, -0.25) is 9.69 Å². The zero-order valence-corrected chi connectivity index (χ0v) is 11.0. The van der Waals surface area contributed by atoms with Crippen LogP contribution < -0.4 is 0 Å². The molecule has 1 saturated carbocycles. The number of nitrogens with zero attached hydrogens (tertiary/aromatic N) is 1. The van der Waals surface area contributed by atoms with Crippen LogP contribution in [0, 0.1) is 11.8 Å². The largest absolute Gasteiger partial charge is 0.466 e. The van der Waals surface area contributed by atoms with E-state index in [2.05, 4.69) is 18.7 Å². The Morgan fingerprint density at radius 2 is 1.94 bits per heavy atom. The highest BCUT2D eigenvalue weighted by molar-refractivity contribution is 5.72. The molecule has 0 aliphatic heterocycles. The molecule has 0 N–H and O–H groups in total. The highest BCUT2D eigenvalue weighted by Gasteiger charge is 2.31. The quantitative estimate of drug-likeness (QED) is 0.625. The predicted octanol–water partition coefficient (Wildman–Crippen LogP) is 2.31. The van der Waals surface area contributed by atoms with Crippen molar-refractivity contribution in [3.05, 3.63) is 0 Å². The van der Waals surface area contributed by atoms with Gasteiger partial charge in [0.15, 0.2) is 0 Å². The van der Waals surface area contributed by atoms with E-state index in [4.69, 9.17) is 4.74 Å². The standard InChI is InChI=1S/C13H25NO2/c1-5-16-13(15)11(4)9-14(8-10(2)3)12-6-7-12/h10-12H,5-9H2,1-4H3. The van der Waals surface area contributed by atoms with E-state index < -0.39 is 0 Å². The average Bonchev–Trinajstić information content (AvgIpc) is 2.99. The lowest BCUT2D eigenvalue weighted by atomic mass is 10.1. The molecule has 1 aliphatic carbocycles. The molecule has 1 rings (SSSR count). The fourth-order valence-electron chi connectivity index (χ4n) is 1.99. The molecule has 0 aromatic rings. The minimum atomic E-state index is -0.0584. The second-order valence-corrected chi connectivity index (χ2v) is 5.23. The average molecular weight is 227 g/mol. The van der Waals surface area contributed by atoms with Crippen molar-refractivity contribution in [1.29, 1.82) is 0 Å². The van der Waals surface area contributed by atoms with E-state index in [0.29, 0.717) is 12.5 Å². The first kappa shape index (κ1) is 13.5. The van der Waals surface area contributed by atoms with Crippen LogP contribution in [-0.4, -0.2) is 36.6 Å². The van der Waals surface area contributed by atoms with Crippen LogP contribution >= 0.6 is 0 Å². The van der Waals surface area contributed by atoms with Crippen LogP contribution in [-0.2, 0) is 9.53 Å². The van der Waals surface area contributed by atoms with E-state index in [1.165, 1.54) is 12.8 Å². The molecule has 3 heteroatoms. The van der Waals surface area contributed by atoms with Crippen LogP contribution in [0.5, 0.6) is 0 Å². The normalized spacial score (nSPS) is 17.9. The van der Waals surface area contributed by atoms with Gasteiger partial charge in [-0.15, -0.1) is 0 Å². The highest BCUT2D eigenvalue weighted by Crippen LogP contribution is 2.28. The maximum Gasteiger partial charge on any atom is 0.309 e. The topological polar surface area (TPSA) is 29.5 Å². The molecule has 1 unspecified atom stereocenters. The number of hydrogen-bond donors (Lipinski definition) is 0. The first-order valence-corrected chi connectivity index (χ1v) is 6.45. The summed E-state index contributed by atoms with van der Waals surface area (Å²) < 4.78 is 5.04. The Morgan fingerprint density at radius 1 is 1.31 bits per heavy atom. The number of hydrogen-bond acceptors (Lipinski definition) is 3. The molecule has 0 radical (unpaired) electrons. The summed E-state index contributed by atoms with van der Waals surface area (Å²) in [5.74, 6) is 0.603. The van der Waals surface area contributed by atoms with Crippen molar-refractivity contribution in [2.75, 3.05) is 19.7 Å². The fourth-order valence-corrected chi connectivity index (χ4v) is 1.99. The summed E-state index contributed by atoms with van der Waals surface area (Å²) >= 11 is 0. The fraction of sp³-hybridized carbons (Fsp3) is 0.923. The van der Waals surface area contributed by atoms with Crippen molar-refractivity contribution in [3.8, 4) is 0 Å². The van der Waals surface area contributed by atoms with Gasteiger partial charge in [0.05, 0.1) is 12.5 Å². The van der Waals surface area contributed by atoms with Gasteiger partial charge < -0.3 is 4.74 Å². The first-order valence-electron chi connectivity index (χ1n) is 6.45. The summed E-state index contributed by atoms with van der Waals surface area (Å²) in [6.07, 6.45) is 2.59. The van der Waals surface area contributed by atoms with Gasteiger partial charge in [-0.2, -0.15) is 0 Å². The van der Waals surface area contributed by atoms with Crippen molar-refractivity contribution in [1.82, 2.24) is 4.90 Å². The lowest BCUT2D eigenvalue weighted by molar-refractivity contribution is -0.148. The molecule has 1 atom stereocenters. The van der Waals surface area contributed by atoms with E-state index in [0.717, 1.165) is 19.1 Å². The van der Waals surface area contributed by atoms with Crippen molar-refractivity contribution >= 4 is 5.97 Å². The monoisotopic (exact) mass is 227 g/mol. The van der Waals surface area contributed by atoms with Gasteiger partial charge in [0.25, 0.3) is 0 Å². The lowest BCUT2D eigenvalue weighted by Crippen LogP contribution is -2.36. The van der Waals surface area contributed by atoms with E-state index in [-0.39, 0.29) is 11.9 Å². The summed E-state index contributed by atoms with van der Waals surface area (Å²) in [6, 6.07) is 0.722. The summed E-state index contributed by atoms with van der Waals surface area (Å²) in [4.78, 5) is 14.0. The molecule has 1 aliphatic rings. The second-order valence-electron chi connectivity index (χ2n) is 5.23. The smallest absolute Gasteiger partial charge is 0.309 e. The molecule has 16 heavy (non-hydrogen) atoms. The van der Waals surface area contributed by atoms with E-state index >= 15 is 0 Å². The van der Waals surface area contributed by atoms with Crippen LogP contribution in [0.15, 0.2) is 0 Å². The van der Waals surface area contributed by atoms with Crippen LogP contribution in [0.3, 0.4) is 0 Å². The Labute approximate surface area is 99.1 Å². The molecule has 0 aromatic carbocycles. The van der Waals surface area contributed by atoms with Gasteiger partial charge in [0.1, 0.15) is 0 Å². The van der Waals surface area contributed by atoms with E-state index in [1.54, 1.807) is 0 Å². The van der Waals surface area contributed by atoms with Crippen LogP contribution in [0.4, 0.5) is 0 Å². The van der Waals surface area contributed by atoms with Crippen molar-refractivity contribution in [3.63, 3.8) is 0 Å². The predicted molar refractivity (Wildman–Crippen MR) is 65.2 cm³/mol. The zero-order valence-electron chi connectivity index (χ0n) is 11.0. The maximum atomic E-state index is 11.6. The molecule has 0 spiro atoms. The minimum absolute atomic E-state index is 0.000648. The van der Waals surface area contributed by atoms with Gasteiger partial charge in [-0.25, -0.2) is 0 Å². The van der Waals surface area contributed by atoms with Crippen LogP contribution in [0.25, 0.3) is 0 Å². The Bertz CT molecular complexity index is 224. The van der Waals surface area contributed by atoms with Crippen LogP contribution in [0.1, 0.15) is 40.5 Å². The Balaban J connectivity index is 2.38. The molecule has 0 heterocycles. The van der Waals surface area contributed by atoms with Gasteiger partial charge in [0.2, 0.25) is 0 Å². The Hall–Kier alpha value is -0.570. The van der Waals surface area contributed by atoms with Gasteiger partial charge in [0, 0.05) is 19.1 Å². The second kappa shape index (κ2) is 6.24. The number of carbonyl (C=O) groups is 1. The highest BCUT2D eigenvalue weighted by atomic mass is 16.5. The van der Waals surface area contributed by atoms with Crippen molar-refractivity contribution in [2.45, 2.75) is 46.6 Å². The summed E-state index contributed by atoms with van der Waals surface area (Å²) in [7, 11) is 0.